The molecule has 0 aliphatic rings. The van der Waals surface area contributed by atoms with E-state index in [9.17, 15) is 9.59 Å². The molecule has 0 fully saturated rings. The SMILES string of the molecule is C[C@H](c1ccccc1)N(C)C(=O)Cc1csc(NC(=O)c2ccco2)n1. The van der Waals surface area contributed by atoms with Crippen LogP contribution in [0.3, 0.4) is 0 Å². The lowest BCUT2D eigenvalue weighted by Gasteiger charge is -2.25. The van der Waals surface area contributed by atoms with Crippen LogP contribution >= 0.6 is 11.3 Å². The van der Waals surface area contributed by atoms with Gasteiger partial charge in [0, 0.05) is 12.4 Å². The van der Waals surface area contributed by atoms with Crippen LogP contribution in [0.4, 0.5) is 5.13 Å². The van der Waals surface area contributed by atoms with Gasteiger partial charge in [-0.15, -0.1) is 11.3 Å². The highest BCUT2D eigenvalue weighted by molar-refractivity contribution is 7.14. The number of nitrogens with one attached hydrogen (secondary N) is 1. The van der Waals surface area contributed by atoms with E-state index in [4.69, 9.17) is 4.42 Å². The van der Waals surface area contributed by atoms with Gasteiger partial charge in [0.25, 0.3) is 5.91 Å². The fourth-order valence-electron chi connectivity index (χ4n) is 2.46. The summed E-state index contributed by atoms with van der Waals surface area (Å²) in [6, 6.07) is 13.1. The van der Waals surface area contributed by atoms with Crippen molar-refractivity contribution in [2.24, 2.45) is 0 Å². The molecule has 0 radical (unpaired) electrons. The molecular weight excluding hydrogens is 350 g/mol. The summed E-state index contributed by atoms with van der Waals surface area (Å²) in [6.07, 6.45) is 1.62. The molecule has 26 heavy (non-hydrogen) atoms. The van der Waals surface area contributed by atoms with E-state index in [-0.39, 0.29) is 30.0 Å². The number of carbonyl (C=O) groups is 2. The monoisotopic (exact) mass is 369 g/mol. The average Bonchev–Trinajstić information content (AvgIpc) is 3.33. The number of benzene rings is 1. The van der Waals surface area contributed by atoms with Gasteiger partial charge in [-0.05, 0) is 24.6 Å². The molecule has 0 aliphatic carbocycles. The Balaban J connectivity index is 1.59. The maximum atomic E-state index is 12.5. The number of amides is 2. The molecule has 0 spiro atoms. The van der Waals surface area contributed by atoms with Crippen molar-refractivity contribution >= 4 is 28.3 Å². The van der Waals surface area contributed by atoms with Crippen LogP contribution in [0.1, 0.15) is 34.8 Å². The van der Waals surface area contributed by atoms with Gasteiger partial charge in [-0.1, -0.05) is 30.3 Å². The van der Waals surface area contributed by atoms with E-state index in [0.717, 1.165) is 5.56 Å². The van der Waals surface area contributed by atoms with Crippen molar-refractivity contribution in [2.45, 2.75) is 19.4 Å². The van der Waals surface area contributed by atoms with Crippen molar-refractivity contribution in [3.8, 4) is 0 Å². The fourth-order valence-corrected chi connectivity index (χ4v) is 3.17. The maximum Gasteiger partial charge on any atom is 0.293 e. The molecule has 0 unspecified atom stereocenters. The Labute approximate surface area is 155 Å². The summed E-state index contributed by atoms with van der Waals surface area (Å²) in [4.78, 5) is 30.5. The zero-order chi connectivity index (χ0) is 18.5. The van der Waals surface area contributed by atoms with Gasteiger partial charge in [0.1, 0.15) is 0 Å². The van der Waals surface area contributed by atoms with Crippen molar-refractivity contribution in [3.63, 3.8) is 0 Å². The second-order valence-corrected chi connectivity index (χ2v) is 6.70. The Morgan fingerprint density at radius 2 is 2.00 bits per heavy atom. The highest BCUT2D eigenvalue weighted by Gasteiger charge is 2.19. The van der Waals surface area contributed by atoms with Crippen LogP contribution in [0.2, 0.25) is 0 Å². The molecule has 0 saturated carbocycles. The zero-order valence-electron chi connectivity index (χ0n) is 14.5. The van der Waals surface area contributed by atoms with Gasteiger partial charge in [0.2, 0.25) is 5.91 Å². The summed E-state index contributed by atoms with van der Waals surface area (Å²) in [6.45, 7) is 1.99. The Kier molecular flexibility index (Phi) is 5.48. The largest absolute Gasteiger partial charge is 0.459 e. The number of aromatic nitrogens is 1. The molecule has 2 amide bonds. The highest BCUT2D eigenvalue weighted by atomic mass is 32.1. The Morgan fingerprint density at radius 3 is 2.69 bits per heavy atom. The van der Waals surface area contributed by atoms with Gasteiger partial charge in [-0.3, -0.25) is 14.9 Å². The van der Waals surface area contributed by atoms with Crippen LogP contribution in [0.5, 0.6) is 0 Å². The number of hydrogen-bond donors (Lipinski definition) is 1. The summed E-state index contributed by atoms with van der Waals surface area (Å²) >= 11 is 1.28. The zero-order valence-corrected chi connectivity index (χ0v) is 15.3. The van der Waals surface area contributed by atoms with E-state index >= 15 is 0 Å². The quantitative estimate of drug-likeness (QED) is 0.718. The first kappa shape index (κ1) is 17.9. The lowest BCUT2D eigenvalue weighted by atomic mass is 10.1. The highest BCUT2D eigenvalue weighted by Crippen LogP contribution is 2.21. The predicted molar refractivity (Wildman–Crippen MR) is 100 cm³/mol. The standard InChI is InChI=1S/C19H19N3O3S/c1-13(14-7-4-3-5-8-14)22(2)17(23)11-15-12-26-19(20-15)21-18(24)16-9-6-10-25-16/h3-10,12-13H,11H2,1-2H3,(H,20,21,24)/t13-/m1/s1. The number of thiazole rings is 1. The molecular formula is C19H19N3O3S. The summed E-state index contributed by atoms with van der Waals surface area (Å²) in [5.41, 5.74) is 1.70. The van der Waals surface area contributed by atoms with Crippen LogP contribution in [-0.2, 0) is 11.2 Å². The van der Waals surface area contributed by atoms with Gasteiger partial charge in [0.05, 0.1) is 24.4 Å². The smallest absolute Gasteiger partial charge is 0.293 e. The number of furan rings is 1. The summed E-state index contributed by atoms with van der Waals surface area (Å²) < 4.78 is 5.04. The van der Waals surface area contributed by atoms with Crippen LogP contribution < -0.4 is 5.32 Å². The number of anilines is 1. The molecule has 2 aromatic heterocycles. The van der Waals surface area contributed by atoms with Gasteiger partial charge in [-0.25, -0.2) is 4.98 Å². The van der Waals surface area contributed by atoms with Crippen LogP contribution in [0.25, 0.3) is 0 Å². The summed E-state index contributed by atoms with van der Waals surface area (Å²) in [5, 5.41) is 4.88. The normalized spacial score (nSPS) is 11.8. The van der Waals surface area contributed by atoms with Gasteiger partial charge >= 0.3 is 0 Å². The van der Waals surface area contributed by atoms with Crippen molar-refractivity contribution in [1.82, 2.24) is 9.88 Å². The van der Waals surface area contributed by atoms with Gasteiger partial charge < -0.3 is 9.32 Å². The van der Waals surface area contributed by atoms with E-state index in [1.165, 1.54) is 17.6 Å². The third-order valence-corrected chi connectivity index (χ3v) is 4.91. The summed E-state index contributed by atoms with van der Waals surface area (Å²) in [5.74, 6) is -0.179. The minimum absolute atomic E-state index is 0.0274. The van der Waals surface area contributed by atoms with E-state index in [2.05, 4.69) is 10.3 Å². The first-order valence-corrected chi connectivity index (χ1v) is 9.02. The minimum Gasteiger partial charge on any atom is -0.459 e. The number of nitrogens with zero attached hydrogens (tertiary/aromatic N) is 2. The summed E-state index contributed by atoms with van der Waals surface area (Å²) in [7, 11) is 1.78. The first-order chi connectivity index (χ1) is 12.5. The van der Waals surface area contributed by atoms with Crippen LogP contribution in [-0.4, -0.2) is 28.7 Å². The third-order valence-electron chi connectivity index (χ3n) is 4.11. The van der Waals surface area contributed by atoms with Crippen molar-refractivity contribution in [2.75, 3.05) is 12.4 Å². The lowest BCUT2D eigenvalue weighted by molar-refractivity contribution is -0.131. The van der Waals surface area contributed by atoms with E-state index in [1.807, 2.05) is 37.3 Å². The lowest BCUT2D eigenvalue weighted by Crippen LogP contribution is -2.31. The van der Waals surface area contributed by atoms with E-state index < -0.39 is 0 Å². The number of hydrogen-bond acceptors (Lipinski definition) is 5. The molecule has 6 nitrogen and oxygen atoms in total. The van der Waals surface area contributed by atoms with Crippen molar-refractivity contribution in [3.05, 3.63) is 71.1 Å². The van der Waals surface area contributed by atoms with Crippen molar-refractivity contribution in [1.29, 1.82) is 0 Å². The molecule has 1 N–H and O–H groups in total. The number of likely N-dealkylation sites (N-methyl/N-ethyl adjacent to an activating group) is 1. The Bertz CT molecular complexity index is 875. The Hall–Kier alpha value is -2.93. The number of carbonyl (C=O) groups excluding carboxylic acids is 2. The second kappa shape index (κ2) is 7.97. The molecule has 0 aliphatic heterocycles. The fraction of sp³-hybridized carbons (Fsp3) is 0.211. The molecule has 1 atom stereocenters. The molecule has 2 heterocycles. The predicted octanol–water partition coefficient (Wildman–Crippen LogP) is 3.75. The molecule has 0 saturated heterocycles. The van der Waals surface area contributed by atoms with Gasteiger partial charge in [-0.2, -0.15) is 0 Å². The van der Waals surface area contributed by atoms with Gasteiger partial charge in [0.15, 0.2) is 10.9 Å². The van der Waals surface area contributed by atoms with E-state index in [1.54, 1.807) is 29.5 Å². The van der Waals surface area contributed by atoms with E-state index in [0.29, 0.717) is 10.8 Å². The van der Waals surface area contributed by atoms with Crippen LogP contribution in [0, 0.1) is 0 Å². The molecule has 3 aromatic rings. The van der Waals surface area contributed by atoms with Crippen molar-refractivity contribution < 1.29 is 14.0 Å². The molecule has 7 heteroatoms. The topological polar surface area (TPSA) is 75.4 Å². The molecule has 0 bridgehead atoms. The Morgan fingerprint density at radius 1 is 1.23 bits per heavy atom. The third kappa shape index (κ3) is 4.18. The molecule has 1 aromatic carbocycles. The second-order valence-electron chi connectivity index (χ2n) is 5.84. The average molecular weight is 369 g/mol. The number of rotatable bonds is 6. The minimum atomic E-state index is -0.364. The first-order valence-electron chi connectivity index (χ1n) is 8.14. The maximum absolute atomic E-state index is 12.5. The molecule has 3 rings (SSSR count). The van der Waals surface area contributed by atoms with Crippen LogP contribution in [0.15, 0.2) is 58.5 Å². The molecule has 134 valence electrons.